The number of urea groups is 1. The zero-order valence-electron chi connectivity index (χ0n) is 11.0. The molecule has 0 saturated heterocycles. The van der Waals surface area contributed by atoms with E-state index < -0.39 is 0 Å². The molecule has 0 aliphatic carbocycles. The topological polar surface area (TPSA) is 41.1 Å². The second-order valence-electron chi connectivity index (χ2n) is 4.39. The van der Waals surface area contributed by atoms with Crippen molar-refractivity contribution in [3.8, 4) is 0 Å². The minimum atomic E-state index is -0.289. The predicted molar refractivity (Wildman–Crippen MR) is 88.6 cm³/mol. The Morgan fingerprint density at radius 2 is 1.67 bits per heavy atom. The maximum atomic E-state index is 11.7. The van der Waals surface area contributed by atoms with Gasteiger partial charge in [-0.05, 0) is 42.3 Å². The third kappa shape index (κ3) is 5.12. The van der Waals surface area contributed by atoms with Crippen LogP contribution in [0.2, 0.25) is 15.1 Å². The van der Waals surface area contributed by atoms with Crippen LogP contribution in [0.15, 0.2) is 42.5 Å². The summed E-state index contributed by atoms with van der Waals surface area (Å²) in [5.41, 5.74) is 1.70. The van der Waals surface area contributed by atoms with E-state index in [9.17, 15) is 4.79 Å². The summed E-state index contributed by atoms with van der Waals surface area (Å²) < 4.78 is 0. The van der Waals surface area contributed by atoms with E-state index in [1.54, 1.807) is 18.2 Å². The Morgan fingerprint density at radius 1 is 0.952 bits per heavy atom. The zero-order valence-corrected chi connectivity index (χ0v) is 13.3. The molecule has 0 unspecified atom stereocenters. The normalized spacial score (nSPS) is 10.2. The van der Waals surface area contributed by atoms with Gasteiger partial charge in [0.15, 0.2) is 0 Å². The number of carbonyl (C=O) groups excluding carboxylic acids is 1. The molecule has 110 valence electrons. The van der Waals surface area contributed by atoms with E-state index in [1.165, 1.54) is 0 Å². The average Bonchev–Trinajstić information content (AvgIpc) is 2.45. The van der Waals surface area contributed by atoms with Crippen LogP contribution in [0, 0.1) is 0 Å². The number of nitrogens with one attached hydrogen (secondary N) is 2. The zero-order chi connectivity index (χ0) is 15.2. The lowest BCUT2D eigenvalue weighted by Crippen LogP contribution is -2.30. The minimum Gasteiger partial charge on any atom is -0.338 e. The molecule has 0 bridgehead atoms. The van der Waals surface area contributed by atoms with Crippen LogP contribution in [-0.2, 0) is 6.42 Å². The lowest BCUT2D eigenvalue weighted by atomic mass is 10.1. The first-order valence-corrected chi connectivity index (χ1v) is 7.42. The molecule has 0 fully saturated rings. The molecule has 6 heteroatoms. The fourth-order valence-electron chi connectivity index (χ4n) is 1.72. The molecule has 0 aromatic heterocycles. The van der Waals surface area contributed by atoms with Crippen molar-refractivity contribution in [2.24, 2.45) is 0 Å². The molecule has 2 amide bonds. The number of halogens is 3. The first kappa shape index (κ1) is 16.0. The summed E-state index contributed by atoms with van der Waals surface area (Å²) in [5.74, 6) is 0. The van der Waals surface area contributed by atoms with Crippen LogP contribution >= 0.6 is 34.8 Å². The van der Waals surface area contributed by atoms with Gasteiger partial charge in [-0.15, -0.1) is 0 Å². The van der Waals surface area contributed by atoms with E-state index in [1.807, 2.05) is 24.3 Å². The first-order chi connectivity index (χ1) is 10.0. The maximum absolute atomic E-state index is 11.7. The number of amides is 2. The Bertz CT molecular complexity index is 629. The molecule has 2 N–H and O–H groups in total. The van der Waals surface area contributed by atoms with Crippen molar-refractivity contribution in [3.63, 3.8) is 0 Å². The van der Waals surface area contributed by atoms with Crippen molar-refractivity contribution in [3.05, 3.63) is 63.1 Å². The first-order valence-electron chi connectivity index (χ1n) is 6.29. The van der Waals surface area contributed by atoms with Gasteiger partial charge in [0.1, 0.15) is 0 Å². The van der Waals surface area contributed by atoms with Gasteiger partial charge < -0.3 is 10.6 Å². The molecule has 0 aliphatic heterocycles. The Kier molecular flexibility index (Phi) is 5.74. The van der Waals surface area contributed by atoms with Gasteiger partial charge in [0.25, 0.3) is 0 Å². The molecule has 0 radical (unpaired) electrons. The SMILES string of the molecule is O=C(NCCc1ccc(Cl)cc1)Nc1ccc(Cl)c(Cl)c1. The smallest absolute Gasteiger partial charge is 0.319 e. The fraction of sp³-hybridized carbons (Fsp3) is 0.133. The van der Waals surface area contributed by atoms with E-state index in [0.29, 0.717) is 27.3 Å². The van der Waals surface area contributed by atoms with Crippen LogP contribution in [0.5, 0.6) is 0 Å². The van der Waals surface area contributed by atoms with E-state index in [-0.39, 0.29) is 6.03 Å². The number of rotatable bonds is 4. The quantitative estimate of drug-likeness (QED) is 0.805. The monoisotopic (exact) mass is 342 g/mol. The summed E-state index contributed by atoms with van der Waals surface area (Å²) in [6.45, 7) is 0.523. The standard InChI is InChI=1S/C15H13Cl3N2O/c16-11-3-1-10(2-4-11)7-8-19-15(21)20-12-5-6-13(17)14(18)9-12/h1-6,9H,7-8H2,(H2,19,20,21). The molecule has 2 aromatic carbocycles. The lowest BCUT2D eigenvalue weighted by Gasteiger charge is -2.08. The highest BCUT2D eigenvalue weighted by molar-refractivity contribution is 6.42. The second kappa shape index (κ2) is 7.55. The van der Waals surface area contributed by atoms with Gasteiger partial charge >= 0.3 is 6.03 Å². The van der Waals surface area contributed by atoms with Gasteiger partial charge in [0.2, 0.25) is 0 Å². The van der Waals surface area contributed by atoms with Crippen LogP contribution in [0.25, 0.3) is 0 Å². The number of hydrogen-bond acceptors (Lipinski definition) is 1. The van der Waals surface area contributed by atoms with Crippen LogP contribution < -0.4 is 10.6 Å². The van der Waals surface area contributed by atoms with E-state index >= 15 is 0 Å². The van der Waals surface area contributed by atoms with Crippen molar-refractivity contribution >= 4 is 46.5 Å². The summed E-state index contributed by atoms with van der Waals surface area (Å²) in [4.78, 5) is 11.7. The van der Waals surface area contributed by atoms with Crippen LogP contribution in [0.3, 0.4) is 0 Å². The van der Waals surface area contributed by atoms with E-state index in [2.05, 4.69) is 10.6 Å². The lowest BCUT2D eigenvalue weighted by molar-refractivity contribution is 0.252. The summed E-state index contributed by atoms with van der Waals surface area (Å²) in [6, 6.07) is 12.1. The Hall–Kier alpha value is -1.42. The number of hydrogen-bond donors (Lipinski definition) is 2. The highest BCUT2D eigenvalue weighted by Gasteiger charge is 2.04. The van der Waals surface area contributed by atoms with Crippen LogP contribution in [-0.4, -0.2) is 12.6 Å². The van der Waals surface area contributed by atoms with Crippen molar-refractivity contribution in [2.75, 3.05) is 11.9 Å². The number of carbonyl (C=O) groups is 1. The third-order valence-corrected chi connectivity index (χ3v) is 3.78. The fourth-order valence-corrected chi connectivity index (χ4v) is 2.14. The third-order valence-electron chi connectivity index (χ3n) is 2.79. The van der Waals surface area contributed by atoms with Crippen molar-refractivity contribution in [1.82, 2.24) is 5.32 Å². The van der Waals surface area contributed by atoms with Gasteiger partial charge in [-0.1, -0.05) is 46.9 Å². The Balaban J connectivity index is 1.79. The molecular formula is C15H13Cl3N2O. The summed E-state index contributed by atoms with van der Waals surface area (Å²) in [7, 11) is 0. The molecule has 0 aliphatic rings. The molecule has 0 saturated carbocycles. The molecule has 2 aromatic rings. The predicted octanol–water partition coefficient (Wildman–Crippen LogP) is 5.01. The number of anilines is 1. The summed E-state index contributed by atoms with van der Waals surface area (Å²) >= 11 is 17.5. The van der Waals surface area contributed by atoms with E-state index in [0.717, 1.165) is 12.0 Å². The Morgan fingerprint density at radius 3 is 2.33 bits per heavy atom. The largest absolute Gasteiger partial charge is 0.338 e. The molecular weight excluding hydrogens is 331 g/mol. The summed E-state index contributed by atoms with van der Waals surface area (Å²) in [6.07, 6.45) is 0.728. The van der Waals surface area contributed by atoms with Crippen molar-refractivity contribution in [1.29, 1.82) is 0 Å². The molecule has 3 nitrogen and oxygen atoms in total. The molecule has 0 heterocycles. The maximum Gasteiger partial charge on any atom is 0.319 e. The molecule has 2 rings (SSSR count). The van der Waals surface area contributed by atoms with Crippen molar-refractivity contribution < 1.29 is 4.79 Å². The Labute approximate surface area is 138 Å². The second-order valence-corrected chi connectivity index (χ2v) is 5.64. The average molecular weight is 344 g/mol. The highest BCUT2D eigenvalue weighted by atomic mass is 35.5. The molecule has 0 atom stereocenters. The minimum absolute atomic E-state index is 0.289. The van der Waals surface area contributed by atoms with Crippen molar-refractivity contribution in [2.45, 2.75) is 6.42 Å². The van der Waals surface area contributed by atoms with Gasteiger partial charge in [-0.3, -0.25) is 0 Å². The van der Waals surface area contributed by atoms with Crippen LogP contribution in [0.1, 0.15) is 5.56 Å². The molecule has 21 heavy (non-hydrogen) atoms. The summed E-state index contributed by atoms with van der Waals surface area (Å²) in [5, 5.41) is 7.01. The van der Waals surface area contributed by atoms with Gasteiger partial charge in [0, 0.05) is 17.3 Å². The van der Waals surface area contributed by atoms with Crippen LogP contribution in [0.4, 0.5) is 10.5 Å². The number of benzene rings is 2. The van der Waals surface area contributed by atoms with E-state index in [4.69, 9.17) is 34.8 Å². The van der Waals surface area contributed by atoms with Gasteiger partial charge in [-0.2, -0.15) is 0 Å². The van der Waals surface area contributed by atoms with Gasteiger partial charge in [0.05, 0.1) is 10.0 Å². The highest BCUT2D eigenvalue weighted by Crippen LogP contribution is 2.24. The molecule has 0 spiro atoms. The van der Waals surface area contributed by atoms with Gasteiger partial charge in [-0.25, -0.2) is 4.79 Å².